The predicted molar refractivity (Wildman–Crippen MR) is 123 cm³/mol. The first-order chi connectivity index (χ1) is 15.4. The molecule has 0 aliphatic heterocycles. The van der Waals surface area contributed by atoms with Gasteiger partial charge in [0.1, 0.15) is 6.61 Å². The van der Waals surface area contributed by atoms with Crippen molar-refractivity contribution in [1.29, 1.82) is 0 Å². The third kappa shape index (κ3) is 6.81. The van der Waals surface area contributed by atoms with E-state index >= 15 is 0 Å². The lowest BCUT2D eigenvalue weighted by atomic mass is 10.0. The molecule has 2 rings (SSSR count). The van der Waals surface area contributed by atoms with Crippen molar-refractivity contribution in [2.75, 3.05) is 27.4 Å². The predicted octanol–water partition coefficient (Wildman–Crippen LogP) is 3.39. The molecule has 2 aromatic heterocycles. The summed E-state index contributed by atoms with van der Waals surface area (Å²) in [4.78, 5) is 20.8. The van der Waals surface area contributed by atoms with Gasteiger partial charge in [-0.25, -0.2) is 9.97 Å². The van der Waals surface area contributed by atoms with Crippen molar-refractivity contribution in [2.24, 2.45) is 0 Å². The van der Waals surface area contributed by atoms with E-state index in [9.17, 15) is 9.90 Å². The van der Waals surface area contributed by atoms with E-state index in [2.05, 4.69) is 21.9 Å². The molecule has 8 heteroatoms. The summed E-state index contributed by atoms with van der Waals surface area (Å²) >= 11 is 0. The van der Waals surface area contributed by atoms with Crippen molar-refractivity contribution in [3.63, 3.8) is 0 Å². The fourth-order valence-corrected chi connectivity index (χ4v) is 2.95. The average Bonchev–Trinajstić information content (AvgIpc) is 2.83. The number of pyridine rings is 2. The van der Waals surface area contributed by atoms with Crippen LogP contribution in [0.25, 0.3) is 5.57 Å². The lowest BCUT2D eigenvalue weighted by Gasteiger charge is -2.16. The van der Waals surface area contributed by atoms with Crippen molar-refractivity contribution in [2.45, 2.75) is 32.7 Å². The van der Waals surface area contributed by atoms with Crippen LogP contribution in [0.15, 0.2) is 54.6 Å². The number of methoxy groups -OCH3 is 2. The Morgan fingerprint density at radius 1 is 1.12 bits per heavy atom. The Bertz CT molecular complexity index is 924. The molecular weight excluding hydrogens is 410 g/mol. The van der Waals surface area contributed by atoms with E-state index in [0.29, 0.717) is 35.1 Å². The molecule has 8 nitrogen and oxygen atoms in total. The molecule has 32 heavy (non-hydrogen) atoms. The third-order valence-electron chi connectivity index (χ3n) is 4.95. The molecule has 0 radical (unpaired) electrons. The monoisotopic (exact) mass is 441 g/mol. The van der Waals surface area contributed by atoms with Crippen LogP contribution in [0.4, 0.5) is 0 Å². The highest BCUT2D eigenvalue weighted by atomic mass is 16.5. The average molecular weight is 442 g/mol. The second-order valence-electron chi connectivity index (χ2n) is 7.12. The smallest absolute Gasteiger partial charge is 0.253 e. The molecular formula is C24H31N3O5. The van der Waals surface area contributed by atoms with Crippen molar-refractivity contribution in [3.8, 4) is 11.8 Å². The number of hydrogen-bond donors (Lipinski definition) is 2. The van der Waals surface area contributed by atoms with Gasteiger partial charge < -0.3 is 24.6 Å². The van der Waals surface area contributed by atoms with E-state index < -0.39 is 0 Å². The van der Waals surface area contributed by atoms with E-state index in [1.165, 1.54) is 6.20 Å². The summed E-state index contributed by atoms with van der Waals surface area (Å²) in [5.41, 5.74) is 2.67. The van der Waals surface area contributed by atoms with Gasteiger partial charge in [0.2, 0.25) is 11.8 Å². The zero-order valence-corrected chi connectivity index (χ0v) is 19.1. The molecule has 0 bridgehead atoms. The Morgan fingerprint density at radius 3 is 2.31 bits per heavy atom. The number of carbonyl (C=O) groups is 1. The second-order valence-corrected chi connectivity index (χ2v) is 7.12. The number of carbonyl (C=O) groups excluding carboxylic acids is 1. The number of aliphatic hydroxyl groups is 1. The summed E-state index contributed by atoms with van der Waals surface area (Å²) in [6, 6.07) is 6.61. The maximum atomic E-state index is 12.3. The molecule has 0 saturated heterocycles. The summed E-state index contributed by atoms with van der Waals surface area (Å²) in [5, 5.41) is 12.2. The van der Waals surface area contributed by atoms with Crippen LogP contribution in [0.2, 0.25) is 0 Å². The minimum atomic E-state index is -0.284. The van der Waals surface area contributed by atoms with Crippen LogP contribution in [-0.2, 0) is 4.74 Å². The Morgan fingerprint density at radius 2 is 1.78 bits per heavy atom. The summed E-state index contributed by atoms with van der Waals surface area (Å²) in [6.45, 7) is 8.05. The molecule has 0 aliphatic rings. The van der Waals surface area contributed by atoms with Crippen LogP contribution in [0.3, 0.4) is 0 Å². The number of aliphatic hydroxyl groups excluding tert-OH is 1. The summed E-state index contributed by atoms with van der Waals surface area (Å²) in [6.07, 6.45) is 4.69. The van der Waals surface area contributed by atoms with Crippen LogP contribution in [-0.4, -0.2) is 54.5 Å². The number of rotatable bonds is 12. The fraction of sp³-hybridized carbons (Fsp3) is 0.375. The standard InChI is InChI=1S/C24H31N3O5/c1-6-7-20(14-28)27-24(29)19-9-11-23(26-13-19)32-15-21(17(3)30-4)16(2)18-8-10-22(31-5)25-12-18/h8-13,20,28H,2,6-7,14-15H2,1,3-5H3,(H,27,29)/b21-17-. The Labute approximate surface area is 189 Å². The quantitative estimate of drug-likeness (QED) is 0.384. The second kappa shape index (κ2) is 12.5. The Kier molecular flexibility index (Phi) is 9.69. The van der Waals surface area contributed by atoms with Gasteiger partial charge in [-0.3, -0.25) is 4.79 Å². The van der Waals surface area contributed by atoms with Crippen LogP contribution in [0, 0.1) is 0 Å². The van der Waals surface area contributed by atoms with Gasteiger partial charge in [0, 0.05) is 35.7 Å². The van der Waals surface area contributed by atoms with Gasteiger partial charge in [0.15, 0.2) is 0 Å². The number of nitrogens with zero attached hydrogens (tertiary/aromatic N) is 2. The molecule has 0 aliphatic carbocycles. The van der Waals surface area contributed by atoms with Crippen molar-refractivity contribution in [3.05, 3.63) is 65.7 Å². The number of ether oxygens (including phenoxy) is 3. The minimum absolute atomic E-state index is 0.101. The van der Waals surface area contributed by atoms with E-state index in [4.69, 9.17) is 14.2 Å². The molecule has 1 amide bonds. The first kappa shape index (κ1) is 24.9. The zero-order chi connectivity index (χ0) is 23.5. The van der Waals surface area contributed by atoms with Crippen molar-refractivity contribution < 1.29 is 24.1 Å². The Hall–Kier alpha value is -3.39. The first-order valence-corrected chi connectivity index (χ1v) is 10.4. The van der Waals surface area contributed by atoms with E-state index in [0.717, 1.165) is 17.6 Å². The van der Waals surface area contributed by atoms with Gasteiger partial charge in [-0.15, -0.1) is 0 Å². The normalized spacial score (nSPS) is 12.4. The van der Waals surface area contributed by atoms with E-state index in [-0.39, 0.29) is 25.2 Å². The third-order valence-corrected chi connectivity index (χ3v) is 4.95. The molecule has 172 valence electrons. The van der Waals surface area contributed by atoms with Gasteiger partial charge in [0.05, 0.1) is 38.2 Å². The molecule has 1 unspecified atom stereocenters. The minimum Gasteiger partial charge on any atom is -0.501 e. The van der Waals surface area contributed by atoms with Gasteiger partial charge in [-0.05, 0) is 31.1 Å². The number of amides is 1. The van der Waals surface area contributed by atoms with Gasteiger partial charge in [-0.1, -0.05) is 19.9 Å². The number of hydrogen-bond acceptors (Lipinski definition) is 7. The number of aromatic nitrogens is 2. The molecule has 1 atom stereocenters. The van der Waals surface area contributed by atoms with Crippen LogP contribution in [0.1, 0.15) is 42.6 Å². The molecule has 0 aromatic carbocycles. The van der Waals surface area contributed by atoms with Crippen LogP contribution >= 0.6 is 0 Å². The molecule has 2 aromatic rings. The molecule has 2 heterocycles. The highest BCUT2D eigenvalue weighted by molar-refractivity contribution is 5.94. The fourth-order valence-electron chi connectivity index (χ4n) is 2.95. The van der Waals surface area contributed by atoms with Crippen LogP contribution in [0.5, 0.6) is 11.8 Å². The molecule has 2 N–H and O–H groups in total. The zero-order valence-electron chi connectivity index (χ0n) is 19.1. The van der Waals surface area contributed by atoms with Crippen LogP contribution < -0.4 is 14.8 Å². The first-order valence-electron chi connectivity index (χ1n) is 10.4. The maximum Gasteiger partial charge on any atom is 0.253 e. The highest BCUT2D eigenvalue weighted by Crippen LogP contribution is 2.25. The lowest BCUT2D eigenvalue weighted by molar-refractivity contribution is 0.0912. The maximum absolute atomic E-state index is 12.3. The SMILES string of the molecule is C=C(/C(COc1ccc(C(=O)NC(CO)CCC)cn1)=C(/C)OC)c1ccc(OC)nc1. The lowest BCUT2D eigenvalue weighted by Crippen LogP contribution is -2.37. The summed E-state index contributed by atoms with van der Waals surface area (Å²) < 4.78 is 16.3. The Balaban J connectivity index is 2.07. The van der Waals surface area contributed by atoms with E-state index in [1.807, 2.05) is 19.9 Å². The van der Waals surface area contributed by atoms with Gasteiger partial charge in [0.25, 0.3) is 5.91 Å². The number of nitrogens with one attached hydrogen (secondary N) is 1. The molecule has 0 saturated carbocycles. The molecule has 0 fully saturated rings. The summed E-state index contributed by atoms with van der Waals surface area (Å²) in [7, 11) is 3.14. The van der Waals surface area contributed by atoms with Crippen molar-refractivity contribution in [1.82, 2.24) is 15.3 Å². The van der Waals surface area contributed by atoms with Gasteiger partial charge >= 0.3 is 0 Å². The van der Waals surface area contributed by atoms with E-state index in [1.54, 1.807) is 38.6 Å². The van der Waals surface area contributed by atoms with Gasteiger partial charge in [-0.2, -0.15) is 0 Å². The highest BCUT2D eigenvalue weighted by Gasteiger charge is 2.15. The van der Waals surface area contributed by atoms with Crippen molar-refractivity contribution >= 4 is 11.5 Å². The molecule has 0 spiro atoms. The summed E-state index contributed by atoms with van der Waals surface area (Å²) in [5.74, 6) is 1.25. The number of allylic oxidation sites excluding steroid dienone is 1. The largest absolute Gasteiger partial charge is 0.501 e. The topological polar surface area (TPSA) is 103 Å².